The predicted molar refractivity (Wildman–Crippen MR) is 50.1 cm³/mol. The van der Waals surface area contributed by atoms with Crippen LogP contribution >= 0.6 is 0 Å². The summed E-state index contributed by atoms with van der Waals surface area (Å²) in [4.78, 5) is 11.1. The molecule has 0 aromatic carbocycles. The lowest BCUT2D eigenvalue weighted by Gasteiger charge is -2.05. The van der Waals surface area contributed by atoms with Crippen molar-refractivity contribution in [1.29, 1.82) is 0 Å². The van der Waals surface area contributed by atoms with Crippen LogP contribution < -0.4 is 0 Å². The van der Waals surface area contributed by atoms with Gasteiger partial charge in [-0.3, -0.25) is 4.79 Å². The van der Waals surface area contributed by atoms with Crippen LogP contribution in [0, 0.1) is 0 Å². The first-order chi connectivity index (χ1) is 5.72. The second kappa shape index (κ2) is 7.29. The van der Waals surface area contributed by atoms with Crippen LogP contribution in [0.25, 0.3) is 0 Å². The lowest BCUT2D eigenvalue weighted by Crippen LogP contribution is -2.18. The van der Waals surface area contributed by atoms with Crippen LogP contribution in [-0.4, -0.2) is 17.0 Å². The van der Waals surface area contributed by atoms with E-state index in [0.717, 1.165) is 12.8 Å². The molecule has 0 aromatic rings. The monoisotopic (exact) mass is 172 g/mol. The summed E-state index contributed by atoms with van der Waals surface area (Å²) in [5.74, 6) is 0.00797. The summed E-state index contributed by atoms with van der Waals surface area (Å²) in [6.07, 6.45) is 4.80. The van der Waals surface area contributed by atoms with E-state index in [1.807, 2.05) is 6.92 Å². The molecule has 2 heteroatoms. The molecule has 2 nitrogen and oxygen atoms in total. The molecule has 0 saturated carbocycles. The summed E-state index contributed by atoms with van der Waals surface area (Å²) < 4.78 is 0. The molecule has 0 aromatic heterocycles. The minimum atomic E-state index is -0.716. The van der Waals surface area contributed by atoms with Gasteiger partial charge in [-0.2, -0.15) is 0 Å². The number of aliphatic hydroxyl groups excluding tert-OH is 1. The van der Waals surface area contributed by atoms with Gasteiger partial charge in [0.05, 0.1) is 0 Å². The van der Waals surface area contributed by atoms with E-state index < -0.39 is 6.10 Å². The molecule has 1 atom stereocenters. The molecular weight excluding hydrogens is 152 g/mol. The number of aliphatic hydroxyl groups is 1. The van der Waals surface area contributed by atoms with Crippen LogP contribution in [0.15, 0.2) is 0 Å². The molecule has 0 aliphatic heterocycles. The van der Waals surface area contributed by atoms with Crippen LogP contribution in [0.2, 0.25) is 0 Å². The van der Waals surface area contributed by atoms with Crippen LogP contribution in [0.4, 0.5) is 0 Å². The predicted octanol–water partition coefficient (Wildman–Crippen LogP) is 2.30. The molecule has 0 heterocycles. The highest BCUT2D eigenvalue weighted by molar-refractivity contribution is 5.82. The molecule has 0 saturated heterocycles. The van der Waals surface area contributed by atoms with E-state index in [4.69, 9.17) is 5.11 Å². The third-order valence-corrected chi connectivity index (χ3v) is 2.04. The third-order valence-electron chi connectivity index (χ3n) is 2.04. The van der Waals surface area contributed by atoms with Gasteiger partial charge in [-0.25, -0.2) is 0 Å². The lowest BCUT2D eigenvalue weighted by molar-refractivity contribution is -0.127. The first-order valence-corrected chi connectivity index (χ1v) is 4.93. The van der Waals surface area contributed by atoms with Crippen molar-refractivity contribution >= 4 is 5.78 Å². The van der Waals surface area contributed by atoms with Crippen molar-refractivity contribution in [2.45, 2.75) is 58.5 Å². The zero-order valence-electron chi connectivity index (χ0n) is 8.18. The fourth-order valence-electron chi connectivity index (χ4n) is 1.12. The summed E-state index contributed by atoms with van der Waals surface area (Å²) in [6.45, 7) is 3.97. The second-order valence-electron chi connectivity index (χ2n) is 3.20. The maximum atomic E-state index is 11.1. The van der Waals surface area contributed by atoms with E-state index in [0.29, 0.717) is 12.8 Å². The van der Waals surface area contributed by atoms with Gasteiger partial charge in [0.1, 0.15) is 6.10 Å². The van der Waals surface area contributed by atoms with E-state index >= 15 is 0 Å². The maximum Gasteiger partial charge on any atom is 0.161 e. The van der Waals surface area contributed by atoms with Crippen molar-refractivity contribution in [3.63, 3.8) is 0 Å². The Hall–Kier alpha value is -0.370. The molecule has 72 valence electrons. The number of hydrogen-bond acceptors (Lipinski definition) is 2. The highest BCUT2D eigenvalue weighted by Crippen LogP contribution is 2.05. The molecule has 0 fully saturated rings. The van der Waals surface area contributed by atoms with Crippen molar-refractivity contribution in [1.82, 2.24) is 0 Å². The SMILES string of the molecule is CCCCCCC(=O)C(O)CC. The van der Waals surface area contributed by atoms with Gasteiger partial charge in [0.25, 0.3) is 0 Å². The second-order valence-corrected chi connectivity index (χ2v) is 3.20. The first-order valence-electron chi connectivity index (χ1n) is 4.93. The van der Waals surface area contributed by atoms with Gasteiger partial charge in [0, 0.05) is 6.42 Å². The minimum absolute atomic E-state index is 0.00797. The number of carbonyl (C=O) groups excluding carboxylic acids is 1. The van der Waals surface area contributed by atoms with Crippen molar-refractivity contribution in [3.8, 4) is 0 Å². The quantitative estimate of drug-likeness (QED) is 0.598. The van der Waals surface area contributed by atoms with E-state index in [1.54, 1.807) is 0 Å². The Kier molecular flexibility index (Phi) is 7.06. The molecule has 1 N–H and O–H groups in total. The van der Waals surface area contributed by atoms with Crippen LogP contribution in [0.3, 0.4) is 0 Å². The average molecular weight is 172 g/mol. The molecule has 0 radical (unpaired) electrons. The smallest absolute Gasteiger partial charge is 0.161 e. The van der Waals surface area contributed by atoms with Gasteiger partial charge in [-0.1, -0.05) is 33.1 Å². The Bertz CT molecular complexity index is 121. The van der Waals surface area contributed by atoms with Gasteiger partial charge in [0.2, 0.25) is 0 Å². The average Bonchev–Trinajstić information content (AvgIpc) is 2.10. The number of rotatable bonds is 7. The van der Waals surface area contributed by atoms with E-state index in [2.05, 4.69) is 6.92 Å². The van der Waals surface area contributed by atoms with E-state index in [1.165, 1.54) is 12.8 Å². The molecular formula is C10H20O2. The van der Waals surface area contributed by atoms with Gasteiger partial charge >= 0.3 is 0 Å². The van der Waals surface area contributed by atoms with E-state index in [-0.39, 0.29) is 5.78 Å². The van der Waals surface area contributed by atoms with Crippen LogP contribution in [0.1, 0.15) is 52.4 Å². The van der Waals surface area contributed by atoms with Gasteiger partial charge in [-0.05, 0) is 12.8 Å². The summed E-state index contributed by atoms with van der Waals surface area (Å²) in [6, 6.07) is 0. The molecule has 1 unspecified atom stereocenters. The van der Waals surface area contributed by atoms with Crippen molar-refractivity contribution in [3.05, 3.63) is 0 Å². The third kappa shape index (κ3) is 5.30. The summed E-state index contributed by atoms with van der Waals surface area (Å²) in [7, 11) is 0. The summed E-state index contributed by atoms with van der Waals surface area (Å²) in [5.41, 5.74) is 0. The Labute approximate surface area is 75.0 Å². The highest BCUT2D eigenvalue weighted by Gasteiger charge is 2.10. The molecule has 0 amide bonds. The van der Waals surface area contributed by atoms with E-state index in [9.17, 15) is 4.79 Å². The number of Topliss-reactive ketones (excluding diaryl/α,β-unsaturated/α-hetero) is 1. The first kappa shape index (κ1) is 11.6. The fourth-order valence-corrected chi connectivity index (χ4v) is 1.12. The Balaban J connectivity index is 3.31. The molecule has 0 rings (SSSR count). The van der Waals surface area contributed by atoms with Gasteiger partial charge in [-0.15, -0.1) is 0 Å². The Morgan fingerprint density at radius 1 is 1.25 bits per heavy atom. The number of unbranched alkanes of at least 4 members (excludes halogenated alkanes) is 3. The Morgan fingerprint density at radius 2 is 1.92 bits per heavy atom. The number of hydrogen-bond donors (Lipinski definition) is 1. The maximum absolute atomic E-state index is 11.1. The lowest BCUT2D eigenvalue weighted by atomic mass is 10.1. The molecule has 0 aliphatic rings. The summed E-state index contributed by atoms with van der Waals surface area (Å²) in [5, 5.41) is 9.13. The number of carbonyl (C=O) groups is 1. The molecule has 0 aliphatic carbocycles. The van der Waals surface area contributed by atoms with Crippen molar-refractivity contribution in [2.75, 3.05) is 0 Å². The molecule has 0 bridgehead atoms. The van der Waals surface area contributed by atoms with Crippen LogP contribution in [-0.2, 0) is 4.79 Å². The van der Waals surface area contributed by atoms with Gasteiger partial charge < -0.3 is 5.11 Å². The Morgan fingerprint density at radius 3 is 2.42 bits per heavy atom. The zero-order valence-corrected chi connectivity index (χ0v) is 8.18. The summed E-state index contributed by atoms with van der Waals surface area (Å²) >= 11 is 0. The normalized spacial score (nSPS) is 12.9. The molecule has 12 heavy (non-hydrogen) atoms. The number of ketones is 1. The largest absolute Gasteiger partial charge is 0.385 e. The highest BCUT2D eigenvalue weighted by atomic mass is 16.3. The van der Waals surface area contributed by atoms with Crippen molar-refractivity contribution in [2.24, 2.45) is 0 Å². The fraction of sp³-hybridized carbons (Fsp3) is 0.900. The van der Waals surface area contributed by atoms with Crippen molar-refractivity contribution < 1.29 is 9.90 Å². The minimum Gasteiger partial charge on any atom is -0.385 e. The van der Waals surface area contributed by atoms with Crippen LogP contribution in [0.5, 0.6) is 0 Å². The van der Waals surface area contributed by atoms with Gasteiger partial charge in [0.15, 0.2) is 5.78 Å². The standard InChI is InChI=1S/C10H20O2/c1-3-5-6-7-8-10(12)9(11)4-2/h9,11H,3-8H2,1-2H3. The topological polar surface area (TPSA) is 37.3 Å². The molecule has 0 spiro atoms. The zero-order chi connectivity index (χ0) is 9.40.